The van der Waals surface area contributed by atoms with Gasteiger partial charge in [0.25, 0.3) is 0 Å². The summed E-state index contributed by atoms with van der Waals surface area (Å²) in [6.45, 7) is 2.46. The minimum atomic E-state index is -3.34. The number of aromatic nitrogens is 4. The second kappa shape index (κ2) is 20.1. The second-order valence-electron chi connectivity index (χ2n) is 13.4. The Morgan fingerprint density at radius 1 is 0.797 bits per heavy atom. The van der Waals surface area contributed by atoms with Gasteiger partial charge in [0.2, 0.25) is 33.5 Å². The first-order valence-corrected chi connectivity index (χ1v) is 20.5. The highest BCUT2D eigenvalue weighted by atomic mass is 35.5. The lowest BCUT2D eigenvalue weighted by atomic mass is 10.0. The fourth-order valence-corrected chi connectivity index (χ4v) is 8.18. The van der Waals surface area contributed by atoms with Crippen LogP contribution in [0.15, 0.2) is 36.7 Å². The summed E-state index contributed by atoms with van der Waals surface area (Å²) in [6, 6.07) is 4.16. The highest BCUT2D eigenvalue weighted by molar-refractivity contribution is 7.89. The molecule has 2 fully saturated rings. The van der Waals surface area contributed by atoms with E-state index in [0.29, 0.717) is 32.4 Å². The predicted molar refractivity (Wildman–Crippen MR) is 212 cm³/mol. The average Bonchev–Trinajstić information content (AvgIpc) is 3.22. The van der Waals surface area contributed by atoms with Crippen molar-refractivity contribution < 1.29 is 45.0 Å². The van der Waals surface area contributed by atoms with E-state index >= 15 is 0 Å². The zero-order valence-electron chi connectivity index (χ0n) is 32.0. The standard InChI is InChI=1S/C20H24ClF2N5O4S.C17H19F2N5O2/c1-32-15-4-3-14(22)17(23)16(15)18(29)13-11-25-20(27-19(13)24)26-12-5-8-28(9-6-12)33(30,31)10-2-7-21;1-26-12-3-2-11(18)14(19)13(12)15(25)10-8-22-17(24-16(10)20)23-9-4-6-21-7-5-9/h3-4,11-12H,2,5-10H2,1H3,(H3,24,25,26,27);2-3,8-9,21H,4-7H2,1H3,(H3,20,22,23,24). The molecule has 7 N–H and O–H groups in total. The van der Waals surface area contributed by atoms with Crippen LogP contribution in [-0.4, -0.2) is 108 Å². The van der Waals surface area contributed by atoms with Crippen molar-refractivity contribution in [3.8, 4) is 11.5 Å². The van der Waals surface area contributed by atoms with Crippen LogP contribution in [0.4, 0.5) is 41.1 Å². The molecule has 318 valence electrons. The fraction of sp³-hybridized carbons (Fsp3) is 0.405. The van der Waals surface area contributed by atoms with Crippen LogP contribution >= 0.6 is 11.6 Å². The van der Waals surface area contributed by atoms with Crippen molar-refractivity contribution in [2.45, 2.75) is 44.2 Å². The number of sulfonamides is 1. The lowest BCUT2D eigenvalue weighted by Crippen LogP contribution is -2.43. The number of hydrogen-bond donors (Lipinski definition) is 5. The number of nitrogen functional groups attached to an aromatic ring is 2. The number of ether oxygens (including phenoxy) is 2. The van der Waals surface area contributed by atoms with Gasteiger partial charge < -0.3 is 36.9 Å². The number of nitrogens with one attached hydrogen (secondary N) is 3. The van der Waals surface area contributed by atoms with Gasteiger partial charge in [0, 0.05) is 43.4 Å². The first kappa shape index (κ1) is 44.7. The van der Waals surface area contributed by atoms with E-state index in [0.717, 1.165) is 50.3 Å². The van der Waals surface area contributed by atoms with Gasteiger partial charge in [-0.15, -0.1) is 11.6 Å². The topological polar surface area (TPSA) is 230 Å². The summed E-state index contributed by atoms with van der Waals surface area (Å²) in [5.74, 6) is -6.61. The first-order valence-electron chi connectivity index (χ1n) is 18.3. The van der Waals surface area contributed by atoms with E-state index in [4.69, 9.17) is 32.5 Å². The van der Waals surface area contributed by atoms with Gasteiger partial charge >= 0.3 is 0 Å². The molecule has 0 atom stereocenters. The van der Waals surface area contributed by atoms with E-state index < -0.39 is 56.0 Å². The number of carbonyl (C=O) groups is 2. The van der Waals surface area contributed by atoms with Crippen molar-refractivity contribution in [2.24, 2.45) is 0 Å². The largest absolute Gasteiger partial charge is 0.496 e. The molecule has 4 aromatic rings. The number of hydrogen-bond acceptors (Lipinski definition) is 15. The summed E-state index contributed by atoms with van der Waals surface area (Å²) < 4.78 is 91.5. The van der Waals surface area contributed by atoms with Gasteiger partial charge in [-0.1, -0.05) is 0 Å². The summed E-state index contributed by atoms with van der Waals surface area (Å²) in [5.41, 5.74) is 10.3. The molecule has 0 amide bonds. The van der Waals surface area contributed by atoms with Crippen molar-refractivity contribution in [1.29, 1.82) is 0 Å². The summed E-state index contributed by atoms with van der Waals surface area (Å²) in [6.07, 6.45) is 5.60. The van der Waals surface area contributed by atoms with E-state index in [2.05, 4.69) is 35.9 Å². The molecule has 0 saturated carbocycles. The number of methoxy groups -OCH3 is 2. The van der Waals surface area contributed by atoms with E-state index in [1.54, 1.807) is 0 Å². The lowest BCUT2D eigenvalue weighted by molar-refractivity contribution is 0.102. The average molecular weight is 867 g/mol. The zero-order chi connectivity index (χ0) is 42.9. The lowest BCUT2D eigenvalue weighted by Gasteiger charge is -2.31. The van der Waals surface area contributed by atoms with Gasteiger partial charge in [-0.25, -0.2) is 40.3 Å². The molecule has 0 bridgehead atoms. The molecule has 2 aliphatic heterocycles. The number of piperidine rings is 2. The van der Waals surface area contributed by atoms with Gasteiger partial charge in [0.15, 0.2) is 23.3 Å². The summed E-state index contributed by atoms with van der Waals surface area (Å²) in [4.78, 5) is 41.7. The van der Waals surface area contributed by atoms with Crippen LogP contribution in [0.1, 0.15) is 63.9 Å². The Morgan fingerprint density at radius 2 is 1.24 bits per heavy atom. The van der Waals surface area contributed by atoms with Gasteiger partial charge in [-0.05, 0) is 69.5 Å². The second-order valence-corrected chi connectivity index (χ2v) is 15.8. The highest BCUT2D eigenvalue weighted by Crippen LogP contribution is 2.30. The van der Waals surface area contributed by atoms with Crippen molar-refractivity contribution in [3.63, 3.8) is 0 Å². The number of nitrogens with zero attached hydrogens (tertiary/aromatic N) is 5. The minimum Gasteiger partial charge on any atom is -0.496 e. The van der Waals surface area contributed by atoms with E-state index in [1.807, 2.05) is 0 Å². The van der Waals surface area contributed by atoms with Crippen LogP contribution in [0.2, 0.25) is 0 Å². The van der Waals surface area contributed by atoms with Crippen LogP contribution in [0.3, 0.4) is 0 Å². The van der Waals surface area contributed by atoms with Gasteiger partial charge in [-0.3, -0.25) is 9.59 Å². The van der Waals surface area contributed by atoms with E-state index in [9.17, 15) is 35.6 Å². The predicted octanol–water partition coefficient (Wildman–Crippen LogP) is 4.15. The number of halogens is 5. The molecular weight excluding hydrogens is 824 g/mol. The van der Waals surface area contributed by atoms with Crippen molar-refractivity contribution in [2.75, 3.05) is 74.1 Å². The third-order valence-electron chi connectivity index (χ3n) is 9.52. The fourth-order valence-electron chi connectivity index (χ4n) is 6.35. The highest BCUT2D eigenvalue weighted by Gasteiger charge is 2.30. The molecule has 6 rings (SSSR count). The summed E-state index contributed by atoms with van der Waals surface area (Å²) in [5, 5.41) is 9.48. The van der Waals surface area contributed by atoms with Gasteiger partial charge in [0.05, 0.1) is 31.1 Å². The Kier molecular flexibility index (Phi) is 15.2. The molecule has 0 radical (unpaired) electrons. The summed E-state index contributed by atoms with van der Waals surface area (Å²) in [7, 11) is -0.851. The number of alkyl halides is 1. The molecule has 2 aromatic heterocycles. The molecule has 0 aliphatic carbocycles. The van der Waals surface area contributed by atoms with Crippen LogP contribution < -0.4 is 36.9 Å². The number of nitrogens with two attached hydrogens (primary N) is 2. The van der Waals surface area contributed by atoms with Crippen LogP contribution in [-0.2, 0) is 10.0 Å². The Balaban J connectivity index is 0.000000230. The molecule has 59 heavy (non-hydrogen) atoms. The molecule has 2 aromatic carbocycles. The third-order valence-corrected chi connectivity index (χ3v) is 11.7. The number of anilines is 4. The third kappa shape index (κ3) is 10.8. The molecule has 2 aliphatic rings. The van der Waals surface area contributed by atoms with Crippen LogP contribution in [0.5, 0.6) is 11.5 Å². The molecule has 22 heteroatoms. The van der Waals surface area contributed by atoms with Gasteiger partial charge in [-0.2, -0.15) is 9.97 Å². The summed E-state index contributed by atoms with van der Waals surface area (Å²) >= 11 is 5.59. The quantitative estimate of drug-likeness (QED) is 0.0681. The smallest absolute Gasteiger partial charge is 0.224 e. The molecule has 16 nitrogen and oxygen atoms in total. The maximum absolute atomic E-state index is 14.3. The maximum atomic E-state index is 14.3. The number of ketones is 2. The van der Waals surface area contributed by atoms with E-state index in [1.165, 1.54) is 30.8 Å². The van der Waals surface area contributed by atoms with Crippen molar-refractivity contribution in [1.82, 2.24) is 29.6 Å². The monoisotopic (exact) mass is 866 g/mol. The Bertz CT molecular complexity index is 2270. The zero-order valence-corrected chi connectivity index (χ0v) is 33.6. The minimum absolute atomic E-state index is 0.0143. The molecule has 2 saturated heterocycles. The van der Waals surface area contributed by atoms with Gasteiger partial charge in [0.1, 0.15) is 34.3 Å². The Morgan fingerprint density at radius 3 is 1.64 bits per heavy atom. The molecule has 0 spiro atoms. The molecule has 4 heterocycles. The van der Waals surface area contributed by atoms with Crippen molar-refractivity contribution >= 4 is 56.7 Å². The maximum Gasteiger partial charge on any atom is 0.224 e. The normalized spacial score (nSPS) is 15.2. The molecular formula is C37H43ClF4N10O6S. The van der Waals surface area contributed by atoms with E-state index in [-0.39, 0.29) is 69.9 Å². The first-order chi connectivity index (χ1) is 28.2. The number of rotatable bonds is 14. The van der Waals surface area contributed by atoms with Crippen molar-refractivity contribution in [3.05, 3.63) is 82.2 Å². The Labute approximate surface area is 342 Å². The number of benzene rings is 2. The molecule has 0 unspecified atom stereocenters. The number of carbonyl (C=O) groups excluding carboxylic acids is 2. The SMILES string of the molecule is COc1ccc(F)c(F)c1C(=O)c1cnc(NC2CCN(S(=O)(=O)CCCCl)CC2)nc1N.COc1ccc(F)c(F)c1C(=O)c1cnc(NC2CCNCC2)nc1N. The Hall–Kier alpha value is -5.38. The van der Waals surface area contributed by atoms with Crippen LogP contribution in [0.25, 0.3) is 0 Å². The van der Waals surface area contributed by atoms with Crippen LogP contribution in [0, 0.1) is 23.3 Å².